The van der Waals surface area contributed by atoms with Gasteiger partial charge in [-0.15, -0.1) is 0 Å². The first-order valence-corrected chi connectivity index (χ1v) is 9.14. The number of carbonyl (C=O) groups excluding carboxylic acids is 1. The van der Waals surface area contributed by atoms with Gasteiger partial charge in [-0.2, -0.15) is 0 Å². The van der Waals surface area contributed by atoms with Crippen LogP contribution in [0, 0.1) is 12.7 Å². The number of sulfonamides is 1. The Kier molecular flexibility index (Phi) is 4.73. The highest BCUT2D eigenvalue weighted by atomic mass is 32.2. The van der Waals surface area contributed by atoms with E-state index in [0.717, 1.165) is 6.07 Å². The summed E-state index contributed by atoms with van der Waals surface area (Å²) in [5, 5.41) is 0. The molecule has 0 spiro atoms. The van der Waals surface area contributed by atoms with Gasteiger partial charge in [0.2, 0.25) is 10.0 Å². The minimum Gasteiger partial charge on any atom is -0.447 e. The van der Waals surface area contributed by atoms with Crippen molar-refractivity contribution >= 4 is 21.8 Å². The lowest BCUT2D eigenvalue weighted by Crippen LogP contribution is -2.25. The summed E-state index contributed by atoms with van der Waals surface area (Å²) in [5.74, 6) is -0.799. The number of rotatable bonds is 5. The molecule has 1 saturated heterocycles. The van der Waals surface area contributed by atoms with E-state index in [-0.39, 0.29) is 11.4 Å². The van der Waals surface area contributed by atoms with Crippen LogP contribution in [0.2, 0.25) is 0 Å². The molecule has 0 unspecified atom stereocenters. The zero-order valence-electron chi connectivity index (χ0n) is 13.5. The van der Waals surface area contributed by atoms with Crippen LogP contribution in [0.3, 0.4) is 0 Å². The Balaban J connectivity index is 1.77. The highest BCUT2D eigenvalue weighted by Gasteiger charge is 2.24. The molecule has 0 saturated carbocycles. The van der Waals surface area contributed by atoms with Crippen molar-refractivity contribution in [3.8, 4) is 0 Å². The van der Waals surface area contributed by atoms with Crippen molar-refractivity contribution in [3.05, 3.63) is 59.4 Å². The Morgan fingerprint density at radius 2 is 2.04 bits per heavy atom. The molecule has 1 fully saturated rings. The molecule has 1 heterocycles. The normalized spacial score (nSPS) is 14.6. The summed E-state index contributed by atoms with van der Waals surface area (Å²) in [6.45, 7) is 2.44. The maximum absolute atomic E-state index is 13.8. The van der Waals surface area contributed by atoms with Gasteiger partial charge in [0.05, 0.1) is 6.54 Å². The quantitative estimate of drug-likeness (QED) is 0.885. The molecule has 0 aliphatic carbocycles. The third-order valence-corrected chi connectivity index (χ3v) is 5.24. The molecule has 2 aromatic carbocycles. The molecular weight excluding hydrogens is 347 g/mol. The highest BCUT2D eigenvalue weighted by Crippen LogP contribution is 2.21. The number of halogens is 1. The third-order valence-electron chi connectivity index (χ3n) is 3.83. The Morgan fingerprint density at radius 1 is 1.24 bits per heavy atom. The third kappa shape index (κ3) is 3.80. The number of hydrogen-bond acceptors (Lipinski definition) is 4. The Morgan fingerprint density at radius 3 is 2.76 bits per heavy atom. The number of amides is 1. The lowest BCUT2D eigenvalue weighted by Gasteiger charge is -2.14. The Hall–Kier alpha value is -2.45. The van der Waals surface area contributed by atoms with Crippen molar-refractivity contribution < 1.29 is 22.3 Å². The first-order chi connectivity index (χ1) is 11.9. The van der Waals surface area contributed by atoms with E-state index >= 15 is 0 Å². The zero-order chi connectivity index (χ0) is 18.0. The molecule has 2 aromatic rings. The van der Waals surface area contributed by atoms with Crippen LogP contribution in [0.4, 0.5) is 14.9 Å². The molecule has 132 valence electrons. The monoisotopic (exact) mass is 364 g/mol. The van der Waals surface area contributed by atoms with Crippen LogP contribution in [0.1, 0.15) is 11.1 Å². The van der Waals surface area contributed by atoms with Gasteiger partial charge in [0.1, 0.15) is 17.3 Å². The molecule has 25 heavy (non-hydrogen) atoms. The maximum Gasteiger partial charge on any atom is 0.414 e. The Bertz CT molecular complexity index is 915. The van der Waals surface area contributed by atoms with E-state index < -0.39 is 21.9 Å². The van der Waals surface area contributed by atoms with Crippen LogP contribution in [0.15, 0.2) is 47.4 Å². The summed E-state index contributed by atoms with van der Waals surface area (Å²) >= 11 is 0. The number of benzene rings is 2. The van der Waals surface area contributed by atoms with Gasteiger partial charge >= 0.3 is 6.09 Å². The molecule has 1 aliphatic heterocycles. The van der Waals surface area contributed by atoms with Gasteiger partial charge < -0.3 is 4.74 Å². The maximum atomic E-state index is 13.8. The SMILES string of the molecule is Cc1ccc(F)c(S(=O)(=O)NCc2cccc(N3CCOC3=O)c2)c1. The first kappa shape index (κ1) is 17.4. The van der Waals surface area contributed by atoms with Gasteiger partial charge in [-0.1, -0.05) is 18.2 Å². The number of cyclic esters (lactones) is 1. The minimum absolute atomic E-state index is 0.0214. The average molecular weight is 364 g/mol. The molecule has 3 rings (SSSR count). The number of ether oxygens (including phenoxy) is 1. The average Bonchev–Trinajstić information content (AvgIpc) is 3.01. The van der Waals surface area contributed by atoms with E-state index in [9.17, 15) is 17.6 Å². The van der Waals surface area contributed by atoms with Crippen molar-refractivity contribution in [2.75, 3.05) is 18.1 Å². The minimum atomic E-state index is -3.98. The fourth-order valence-electron chi connectivity index (χ4n) is 2.53. The predicted octanol–water partition coefficient (Wildman–Crippen LogP) is 2.57. The fraction of sp³-hybridized carbons (Fsp3) is 0.235. The van der Waals surface area contributed by atoms with Crippen LogP contribution >= 0.6 is 0 Å². The van der Waals surface area contributed by atoms with Crippen molar-refractivity contribution in [3.63, 3.8) is 0 Å². The number of aryl methyl sites for hydroxylation is 1. The van der Waals surface area contributed by atoms with Crippen molar-refractivity contribution in [2.24, 2.45) is 0 Å². The van der Waals surface area contributed by atoms with Gasteiger partial charge in [0.15, 0.2) is 0 Å². The van der Waals surface area contributed by atoms with Crippen molar-refractivity contribution in [1.82, 2.24) is 4.72 Å². The highest BCUT2D eigenvalue weighted by molar-refractivity contribution is 7.89. The largest absolute Gasteiger partial charge is 0.447 e. The number of nitrogens with one attached hydrogen (secondary N) is 1. The van der Waals surface area contributed by atoms with Gasteiger partial charge in [-0.3, -0.25) is 4.90 Å². The van der Waals surface area contributed by atoms with Crippen molar-refractivity contribution in [2.45, 2.75) is 18.4 Å². The molecule has 0 radical (unpaired) electrons. The Labute approximate surface area is 145 Å². The summed E-state index contributed by atoms with van der Waals surface area (Å²) in [6.07, 6.45) is -0.431. The molecule has 1 amide bonds. The zero-order valence-corrected chi connectivity index (χ0v) is 14.3. The predicted molar refractivity (Wildman–Crippen MR) is 90.3 cm³/mol. The summed E-state index contributed by atoms with van der Waals surface area (Å²) in [4.78, 5) is 12.7. The molecule has 6 nitrogen and oxygen atoms in total. The van der Waals surface area contributed by atoms with Gasteiger partial charge in [-0.25, -0.2) is 22.3 Å². The fourth-order valence-corrected chi connectivity index (χ4v) is 3.71. The summed E-state index contributed by atoms with van der Waals surface area (Å²) in [6, 6.07) is 10.8. The topological polar surface area (TPSA) is 75.7 Å². The van der Waals surface area contributed by atoms with E-state index in [1.165, 1.54) is 17.0 Å². The smallest absolute Gasteiger partial charge is 0.414 e. The summed E-state index contributed by atoms with van der Waals surface area (Å²) in [5.41, 5.74) is 1.92. The van der Waals surface area contributed by atoms with Crippen LogP contribution in [0.5, 0.6) is 0 Å². The number of anilines is 1. The van der Waals surface area contributed by atoms with E-state index in [2.05, 4.69) is 4.72 Å². The standard InChI is InChI=1S/C17H17FN2O4S/c1-12-5-6-15(18)16(9-12)25(22,23)19-11-13-3-2-4-14(10-13)20-7-8-24-17(20)21/h2-6,9-10,19H,7-8,11H2,1H3. The molecule has 0 atom stereocenters. The molecule has 0 bridgehead atoms. The second-order valence-electron chi connectivity index (χ2n) is 5.69. The first-order valence-electron chi connectivity index (χ1n) is 7.66. The van der Waals surface area contributed by atoms with E-state index in [1.807, 2.05) is 0 Å². The molecule has 1 N–H and O–H groups in total. The van der Waals surface area contributed by atoms with Crippen LogP contribution in [0.25, 0.3) is 0 Å². The summed E-state index contributed by atoms with van der Waals surface area (Å²) < 4.78 is 45.8. The number of carbonyl (C=O) groups is 1. The van der Waals surface area contributed by atoms with Crippen LogP contribution in [-0.4, -0.2) is 27.7 Å². The molecular formula is C17H17FN2O4S. The number of hydrogen-bond donors (Lipinski definition) is 1. The number of nitrogens with zero attached hydrogens (tertiary/aromatic N) is 1. The van der Waals surface area contributed by atoms with Gasteiger partial charge in [-0.05, 0) is 42.3 Å². The van der Waals surface area contributed by atoms with Crippen LogP contribution < -0.4 is 9.62 Å². The van der Waals surface area contributed by atoms with E-state index in [0.29, 0.717) is 30.0 Å². The molecule has 8 heteroatoms. The van der Waals surface area contributed by atoms with E-state index in [4.69, 9.17) is 4.74 Å². The molecule has 0 aromatic heterocycles. The lowest BCUT2D eigenvalue weighted by atomic mass is 10.2. The lowest BCUT2D eigenvalue weighted by molar-refractivity contribution is 0.181. The summed E-state index contributed by atoms with van der Waals surface area (Å²) in [7, 11) is -3.98. The second kappa shape index (κ2) is 6.81. The molecule has 1 aliphatic rings. The van der Waals surface area contributed by atoms with Gasteiger partial charge in [0, 0.05) is 12.2 Å². The second-order valence-corrected chi connectivity index (χ2v) is 7.43. The van der Waals surface area contributed by atoms with Crippen LogP contribution in [-0.2, 0) is 21.3 Å². The van der Waals surface area contributed by atoms with Crippen molar-refractivity contribution in [1.29, 1.82) is 0 Å². The van der Waals surface area contributed by atoms with E-state index in [1.54, 1.807) is 31.2 Å². The van der Waals surface area contributed by atoms with Gasteiger partial charge in [0.25, 0.3) is 0 Å².